The van der Waals surface area contributed by atoms with E-state index in [1.54, 1.807) is 6.07 Å². The van der Waals surface area contributed by atoms with E-state index in [9.17, 15) is 4.79 Å². The number of benzene rings is 1. The van der Waals surface area contributed by atoms with Crippen LogP contribution >= 0.6 is 11.6 Å². The molecule has 92 valence electrons. The third-order valence-electron chi connectivity index (χ3n) is 2.72. The molecular weight excluding hydrogens is 250 g/mol. The van der Waals surface area contributed by atoms with E-state index in [0.29, 0.717) is 5.69 Å². The van der Waals surface area contributed by atoms with Crippen molar-refractivity contribution >= 4 is 17.6 Å². The lowest BCUT2D eigenvalue weighted by Gasteiger charge is -2.08. The van der Waals surface area contributed by atoms with Crippen LogP contribution in [0.25, 0.3) is 11.3 Å². The number of rotatable bonds is 2. The standard InChI is InChI=1S/C14H12ClNO2/c1-8-3-5-10(6-4-8)12-9(2)7-11(14(17)18)13(15)16-12/h3-7H,1-2H3,(H,17,18). The number of carbonyl (C=O) groups is 1. The van der Waals surface area contributed by atoms with Gasteiger partial charge < -0.3 is 5.11 Å². The van der Waals surface area contributed by atoms with Gasteiger partial charge in [-0.25, -0.2) is 9.78 Å². The first-order valence-electron chi connectivity index (χ1n) is 5.46. The zero-order valence-corrected chi connectivity index (χ0v) is 10.8. The lowest BCUT2D eigenvalue weighted by Crippen LogP contribution is -2.01. The number of hydrogen-bond donors (Lipinski definition) is 1. The van der Waals surface area contributed by atoms with Gasteiger partial charge in [-0.2, -0.15) is 0 Å². The van der Waals surface area contributed by atoms with E-state index >= 15 is 0 Å². The normalized spacial score (nSPS) is 10.4. The fourth-order valence-electron chi connectivity index (χ4n) is 1.74. The van der Waals surface area contributed by atoms with Crippen molar-refractivity contribution in [3.05, 3.63) is 52.2 Å². The number of aromatic carboxylic acids is 1. The minimum absolute atomic E-state index is 0.0173. The van der Waals surface area contributed by atoms with Crippen molar-refractivity contribution in [1.82, 2.24) is 4.98 Å². The van der Waals surface area contributed by atoms with Crippen molar-refractivity contribution in [3.63, 3.8) is 0 Å². The van der Waals surface area contributed by atoms with Crippen molar-refractivity contribution in [2.75, 3.05) is 0 Å². The summed E-state index contributed by atoms with van der Waals surface area (Å²) in [6.45, 7) is 3.83. The molecular formula is C14H12ClNO2. The van der Waals surface area contributed by atoms with Crippen LogP contribution in [0.4, 0.5) is 0 Å². The third-order valence-corrected chi connectivity index (χ3v) is 3.01. The van der Waals surface area contributed by atoms with Crippen molar-refractivity contribution < 1.29 is 9.90 Å². The molecule has 0 fully saturated rings. The number of halogens is 1. The number of carboxylic acids is 1. The second kappa shape index (κ2) is 4.78. The predicted molar refractivity (Wildman–Crippen MR) is 71.1 cm³/mol. The number of nitrogens with zero attached hydrogens (tertiary/aromatic N) is 1. The smallest absolute Gasteiger partial charge is 0.338 e. The van der Waals surface area contributed by atoms with Gasteiger partial charge in [-0.3, -0.25) is 0 Å². The highest BCUT2D eigenvalue weighted by Crippen LogP contribution is 2.26. The Balaban J connectivity index is 2.56. The molecule has 0 aliphatic heterocycles. The highest BCUT2D eigenvalue weighted by molar-refractivity contribution is 6.32. The summed E-state index contributed by atoms with van der Waals surface area (Å²) < 4.78 is 0. The number of aromatic nitrogens is 1. The second-order valence-electron chi connectivity index (χ2n) is 4.16. The first-order valence-corrected chi connectivity index (χ1v) is 5.84. The van der Waals surface area contributed by atoms with E-state index in [1.165, 1.54) is 0 Å². The van der Waals surface area contributed by atoms with Crippen molar-refractivity contribution in [3.8, 4) is 11.3 Å². The Hall–Kier alpha value is -1.87. The average Bonchev–Trinajstić information content (AvgIpc) is 2.32. The maximum absolute atomic E-state index is 10.9. The molecule has 1 N–H and O–H groups in total. The predicted octanol–water partition coefficient (Wildman–Crippen LogP) is 3.72. The molecule has 2 rings (SSSR count). The molecule has 1 heterocycles. The Kier molecular flexibility index (Phi) is 3.34. The Bertz CT molecular complexity index is 606. The first kappa shape index (κ1) is 12.6. The molecule has 2 aromatic rings. The summed E-state index contributed by atoms with van der Waals surface area (Å²) in [5, 5.41) is 8.98. The summed E-state index contributed by atoms with van der Waals surface area (Å²) in [5.41, 5.74) is 3.62. The zero-order valence-electron chi connectivity index (χ0n) is 10.1. The highest BCUT2D eigenvalue weighted by Gasteiger charge is 2.14. The van der Waals surface area contributed by atoms with Crippen molar-refractivity contribution in [1.29, 1.82) is 0 Å². The quantitative estimate of drug-likeness (QED) is 0.839. The van der Waals surface area contributed by atoms with Gasteiger partial charge in [-0.05, 0) is 25.5 Å². The third kappa shape index (κ3) is 2.36. The molecule has 0 amide bonds. The monoisotopic (exact) mass is 261 g/mol. The van der Waals surface area contributed by atoms with E-state index < -0.39 is 5.97 Å². The van der Waals surface area contributed by atoms with Crippen LogP contribution in [-0.2, 0) is 0 Å². The molecule has 0 bridgehead atoms. The van der Waals surface area contributed by atoms with Gasteiger partial charge in [0.25, 0.3) is 0 Å². The van der Waals surface area contributed by atoms with Crippen LogP contribution in [0.15, 0.2) is 30.3 Å². The Labute approximate surface area is 110 Å². The molecule has 0 unspecified atom stereocenters. The van der Waals surface area contributed by atoms with E-state index in [4.69, 9.17) is 16.7 Å². The maximum atomic E-state index is 10.9. The Morgan fingerprint density at radius 1 is 1.22 bits per heavy atom. The summed E-state index contributed by atoms with van der Waals surface area (Å²) in [4.78, 5) is 15.1. The lowest BCUT2D eigenvalue weighted by molar-refractivity contribution is 0.0696. The Morgan fingerprint density at radius 2 is 1.83 bits per heavy atom. The van der Waals surface area contributed by atoms with E-state index in [-0.39, 0.29) is 10.7 Å². The first-order chi connectivity index (χ1) is 8.49. The van der Waals surface area contributed by atoms with Crippen LogP contribution in [0.3, 0.4) is 0 Å². The molecule has 0 atom stereocenters. The number of pyridine rings is 1. The molecule has 0 aliphatic rings. The number of aryl methyl sites for hydroxylation is 2. The van der Waals surface area contributed by atoms with E-state index in [0.717, 1.165) is 16.7 Å². The van der Waals surface area contributed by atoms with Crippen molar-refractivity contribution in [2.24, 2.45) is 0 Å². The highest BCUT2D eigenvalue weighted by atomic mass is 35.5. The minimum atomic E-state index is -1.06. The molecule has 1 aromatic carbocycles. The molecule has 4 heteroatoms. The van der Waals surface area contributed by atoms with Crippen LogP contribution in [0.2, 0.25) is 5.15 Å². The molecule has 0 saturated heterocycles. The van der Waals surface area contributed by atoms with E-state index in [2.05, 4.69) is 4.98 Å². The molecule has 0 saturated carbocycles. The minimum Gasteiger partial charge on any atom is -0.478 e. The zero-order chi connectivity index (χ0) is 13.3. The molecule has 0 radical (unpaired) electrons. The SMILES string of the molecule is Cc1ccc(-c2nc(Cl)c(C(=O)O)cc2C)cc1. The van der Waals surface area contributed by atoms with Gasteiger partial charge in [0.15, 0.2) is 0 Å². The van der Waals surface area contributed by atoms with Gasteiger partial charge in [0.1, 0.15) is 5.15 Å². The van der Waals surface area contributed by atoms with Crippen LogP contribution in [-0.4, -0.2) is 16.1 Å². The lowest BCUT2D eigenvalue weighted by atomic mass is 10.0. The molecule has 0 spiro atoms. The van der Waals surface area contributed by atoms with Gasteiger partial charge in [0.2, 0.25) is 0 Å². The number of carboxylic acid groups (broad SMARTS) is 1. The van der Waals surface area contributed by atoms with Crippen LogP contribution in [0.5, 0.6) is 0 Å². The van der Waals surface area contributed by atoms with E-state index in [1.807, 2.05) is 38.1 Å². The topological polar surface area (TPSA) is 50.2 Å². The van der Waals surface area contributed by atoms with Gasteiger partial charge >= 0.3 is 5.97 Å². The molecule has 1 aromatic heterocycles. The second-order valence-corrected chi connectivity index (χ2v) is 4.52. The molecule has 0 aliphatic carbocycles. The summed E-state index contributed by atoms with van der Waals surface area (Å²) in [7, 11) is 0. The Morgan fingerprint density at radius 3 is 2.39 bits per heavy atom. The summed E-state index contributed by atoms with van der Waals surface area (Å²) in [6, 6.07) is 9.40. The van der Waals surface area contributed by atoms with Gasteiger partial charge in [-0.1, -0.05) is 41.4 Å². The van der Waals surface area contributed by atoms with Crippen molar-refractivity contribution in [2.45, 2.75) is 13.8 Å². The van der Waals surface area contributed by atoms with Crippen LogP contribution < -0.4 is 0 Å². The van der Waals surface area contributed by atoms with Gasteiger partial charge in [0.05, 0.1) is 11.3 Å². The largest absolute Gasteiger partial charge is 0.478 e. The van der Waals surface area contributed by atoms with Crippen LogP contribution in [0.1, 0.15) is 21.5 Å². The summed E-state index contributed by atoms with van der Waals surface area (Å²) in [6.07, 6.45) is 0. The summed E-state index contributed by atoms with van der Waals surface area (Å²) >= 11 is 5.89. The maximum Gasteiger partial charge on any atom is 0.338 e. The number of hydrogen-bond acceptors (Lipinski definition) is 2. The van der Waals surface area contributed by atoms with Gasteiger partial charge in [0, 0.05) is 5.56 Å². The van der Waals surface area contributed by atoms with Gasteiger partial charge in [-0.15, -0.1) is 0 Å². The fourth-order valence-corrected chi connectivity index (χ4v) is 1.96. The fraction of sp³-hybridized carbons (Fsp3) is 0.143. The van der Waals surface area contributed by atoms with Crippen LogP contribution in [0, 0.1) is 13.8 Å². The molecule has 18 heavy (non-hydrogen) atoms. The summed E-state index contributed by atoms with van der Waals surface area (Å²) in [5.74, 6) is -1.06. The average molecular weight is 262 g/mol. The molecule has 3 nitrogen and oxygen atoms in total.